The van der Waals surface area contributed by atoms with Gasteiger partial charge in [0.1, 0.15) is 10.8 Å². The summed E-state index contributed by atoms with van der Waals surface area (Å²) < 4.78 is 0. The van der Waals surface area contributed by atoms with Crippen molar-refractivity contribution >= 4 is 17.2 Å². The van der Waals surface area contributed by atoms with Gasteiger partial charge in [-0.3, -0.25) is 9.89 Å². The van der Waals surface area contributed by atoms with Gasteiger partial charge in [-0.15, -0.1) is 16.4 Å². The van der Waals surface area contributed by atoms with E-state index in [1.54, 1.807) is 6.20 Å². The van der Waals surface area contributed by atoms with Gasteiger partial charge in [0.25, 0.3) is 5.91 Å². The van der Waals surface area contributed by atoms with Crippen LogP contribution >= 0.6 is 11.3 Å². The van der Waals surface area contributed by atoms with E-state index in [-0.39, 0.29) is 17.8 Å². The molecule has 90 valence electrons. The topological polar surface area (TPSA) is 83.6 Å². The minimum absolute atomic E-state index is 0.133. The maximum atomic E-state index is 11.8. The predicted molar refractivity (Wildman–Crippen MR) is 63.8 cm³/mol. The van der Waals surface area contributed by atoms with Crippen molar-refractivity contribution < 1.29 is 4.79 Å². The summed E-state index contributed by atoms with van der Waals surface area (Å²) >= 11 is 1.50. The van der Waals surface area contributed by atoms with Crippen LogP contribution in [-0.4, -0.2) is 26.1 Å². The third kappa shape index (κ3) is 2.68. The Kier molecular flexibility index (Phi) is 3.48. The van der Waals surface area contributed by atoms with Gasteiger partial charge in [-0.2, -0.15) is 0 Å². The molecule has 7 heteroatoms. The number of aromatic nitrogens is 4. The number of amides is 1. The molecular formula is C10H13N5OS. The maximum Gasteiger partial charge on any atom is 0.291 e. The third-order valence-corrected chi connectivity index (χ3v) is 3.20. The number of nitrogens with zero attached hydrogens (tertiary/aromatic N) is 3. The van der Waals surface area contributed by atoms with Crippen LogP contribution in [0.2, 0.25) is 0 Å². The van der Waals surface area contributed by atoms with Crippen molar-refractivity contribution in [2.75, 3.05) is 0 Å². The Morgan fingerprint density at radius 2 is 2.47 bits per heavy atom. The molecule has 2 aromatic heterocycles. The van der Waals surface area contributed by atoms with Gasteiger partial charge in [0.15, 0.2) is 0 Å². The SMILES string of the molecule is CCc1nc(C(=O)NC(C)c2nccs2)n[nH]1. The Morgan fingerprint density at radius 1 is 1.65 bits per heavy atom. The van der Waals surface area contributed by atoms with Crippen molar-refractivity contribution in [1.82, 2.24) is 25.5 Å². The lowest BCUT2D eigenvalue weighted by molar-refractivity contribution is 0.0929. The number of carbonyl (C=O) groups excluding carboxylic acids is 1. The summed E-state index contributed by atoms with van der Waals surface area (Å²) in [4.78, 5) is 20.0. The normalized spacial score (nSPS) is 12.4. The Hall–Kier alpha value is -1.76. The summed E-state index contributed by atoms with van der Waals surface area (Å²) in [6.07, 6.45) is 2.44. The molecule has 0 saturated heterocycles. The first-order valence-corrected chi connectivity index (χ1v) is 6.20. The molecule has 1 amide bonds. The van der Waals surface area contributed by atoms with Crippen LogP contribution in [0.15, 0.2) is 11.6 Å². The Labute approximate surface area is 103 Å². The van der Waals surface area contributed by atoms with Gasteiger partial charge in [0, 0.05) is 18.0 Å². The van der Waals surface area contributed by atoms with Crippen LogP contribution in [0.1, 0.15) is 41.3 Å². The largest absolute Gasteiger partial charge is 0.340 e. The molecule has 2 aromatic rings. The molecule has 0 fully saturated rings. The minimum atomic E-state index is -0.288. The zero-order valence-corrected chi connectivity index (χ0v) is 10.4. The fourth-order valence-corrected chi connectivity index (χ4v) is 1.97. The molecule has 0 aliphatic carbocycles. The van der Waals surface area contributed by atoms with E-state index in [1.807, 2.05) is 19.2 Å². The van der Waals surface area contributed by atoms with Crippen LogP contribution in [-0.2, 0) is 6.42 Å². The number of hydrogen-bond acceptors (Lipinski definition) is 5. The molecule has 2 N–H and O–H groups in total. The van der Waals surface area contributed by atoms with Crippen molar-refractivity contribution in [3.8, 4) is 0 Å². The number of aromatic amines is 1. The fourth-order valence-electron chi connectivity index (χ4n) is 1.33. The second-order valence-corrected chi connectivity index (χ2v) is 4.45. The molecular weight excluding hydrogens is 238 g/mol. The maximum absolute atomic E-state index is 11.8. The summed E-state index contributed by atoms with van der Waals surface area (Å²) in [7, 11) is 0. The van der Waals surface area contributed by atoms with Gasteiger partial charge in [-0.1, -0.05) is 6.92 Å². The molecule has 17 heavy (non-hydrogen) atoms. The van der Waals surface area contributed by atoms with Gasteiger partial charge in [-0.05, 0) is 6.92 Å². The first kappa shape index (κ1) is 11.7. The van der Waals surface area contributed by atoms with E-state index < -0.39 is 0 Å². The van der Waals surface area contributed by atoms with Crippen LogP contribution in [0.3, 0.4) is 0 Å². The van der Waals surface area contributed by atoms with E-state index in [9.17, 15) is 4.79 Å². The van der Waals surface area contributed by atoms with E-state index in [4.69, 9.17) is 0 Å². The summed E-state index contributed by atoms with van der Waals surface area (Å²) in [5, 5.41) is 12.1. The highest BCUT2D eigenvalue weighted by Crippen LogP contribution is 2.14. The highest BCUT2D eigenvalue weighted by Gasteiger charge is 2.16. The lowest BCUT2D eigenvalue weighted by atomic mass is 10.3. The number of nitrogens with one attached hydrogen (secondary N) is 2. The summed E-state index contributed by atoms with van der Waals surface area (Å²) in [5.74, 6) is 0.589. The Morgan fingerprint density at radius 3 is 3.06 bits per heavy atom. The Bertz CT molecular complexity index is 493. The zero-order chi connectivity index (χ0) is 12.3. The molecule has 0 radical (unpaired) electrons. The Balaban J connectivity index is 2.01. The number of carbonyl (C=O) groups is 1. The van der Waals surface area contributed by atoms with Crippen molar-refractivity contribution in [3.63, 3.8) is 0 Å². The first-order chi connectivity index (χ1) is 8.20. The summed E-state index contributed by atoms with van der Waals surface area (Å²) in [6, 6.07) is -0.133. The molecule has 0 aromatic carbocycles. The molecule has 0 saturated carbocycles. The van der Waals surface area contributed by atoms with Gasteiger partial charge in [-0.25, -0.2) is 9.97 Å². The van der Waals surface area contributed by atoms with Crippen LogP contribution in [0.25, 0.3) is 0 Å². The molecule has 0 spiro atoms. The first-order valence-electron chi connectivity index (χ1n) is 5.32. The molecule has 0 aliphatic heterocycles. The van der Waals surface area contributed by atoms with Crippen LogP contribution in [0, 0.1) is 0 Å². The highest BCUT2D eigenvalue weighted by atomic mass is 32.1. The van der Waals surface area contributed by atoms with Crippen molar-refractivity contribution in [1.29, 1.82) is 0 Å². The molecule has 1 unspecified atom stereocenters. The number of rotatable bonds is 4. The molecule has 2 heterocycles. The van der Waals surface area contributed by atoms with E-state index in [1.165, 1.54) is 11.3 Å². The van der Waals surface area contributed by atoms with Gasteiger partial charge in [0.05, 0.1) is 6.04 Å². The average Bonchev–Trinajstić information content (AvgIpc) is 3.00. The van der Waals surface area contributed by atoms with E-state index >= 15 is 0 Å². The fraction of sp³-hybridized carbons (Fsp3) is 0.400. The van der Waals surface area contributed by atoms with Crippen LogP contribution in [0.4, 0.5) is 0 Å². The molecule has 0 aliphatic rings. The third-order valence-electron chi connectivity index (χ3n) is 2.24. The second-order valence-electron chi connectivity index (χ2n) is 3.52. The van der Waals surface area contributed by atoms with Gasteiger partial charge < -0.3 is 5.32 Å². The zero-order valence-electron chi connectivity index (χ0n) is 9.60. The predicted octanol–water partition coefficient (Wildman–Crippen LogP) is 1.31. The van der Waals surface area contributed by atoms with Gasteiger partial charge >= 0.3 is 0 Å². The number of thiazole rings is 1. The van der Waals surface area contributed by atoms with E-state index in [2.05, 4.69) is 25.5 Å². The highest BCUT2D eigenvalue weighted by molar-refractivity contribution is 7.09. The van der Waals surface area contributed by atoms with Crippen molar-refractivity contribution in [3.05, 3.63) is 28.2 Å². The average molecular weight is 251 g/mol. The molecule has 6 nitrogen and oxygen atoms in total. The quantitative estimate of drug-likeness (QED) is 0.858. The molecule has 2 rings (SSSR count). The summed E-state index contributed by atoms with van der Waals surface area (Å²) in [5.41, 5.74) is 0. The lowest BCUT2D eigenvalue weighted by Crippen LogP contribution is -2.27. The van der Waals surface area contributed by atoms with Crippen LogP contribution in [0.5, 0.6) is 0 Å². The molecule has 1 atom stereocenters. The lowest BCUT2D eigenvalue weighted by Gasteiger charge is -2.08. The number of aryl methyl sites for hydroxylation is 1. The molecule has 0 bridgehead atoms. The smallest absolute Gasteiger partial charge is 0.291 e. The second kappa shape index (κ2) is 5.05. The van der Waals surface area contributed by atoms with Crippen LogP contribution < -0.4 is 5.32 Å². The van der Waals surface area contributed by atoms with Crippen molar-refractivity contribution in [2.24, 2.45) is 0 Å². The standard InChI is InChI=1S/C10H13N5OS/c1-3-7-13-8(15-14-7)9(16)12-6(2)10-11-4-5-17-10/h4-6H,3H2,1-2H3,(H,12,16)(H,13,14,15). The van der Waals surface area contributed by atoms with E-state index in [0.29, 0.717) is 5.82 Å². The monoisotopic (exact) mass is 251 g/mol. The van der Waals surface area contributed by atoms with Crippen molar-refractivity contribution in [2.45, 2.75) is 26.3 Å². The number of H-pyrrole nitrogens is 1. The summed E-state index contributed by atoms with van der Waals surface area (Å²) in [6.45, 7) is 3.82. The van der Waals surface area contributed by atoms with Gasteiger partial charge in [0.2, 0.25) is 5.82 Å². The number of hydrogen-bond donors (Lipinski definition) is 2. The minimum Gasteiger partial charge on any atom is -0.340 e. The van der Waals surface area contributed by atoms with E-state index in [0.717, 1.165) is 11.4 Å².